The van der Waals surface area contributed by atoms with Gasteiger partial charge in [0, 0.05) is 5.69 Å². The summed E-state index contributed by atoms with van der Waals surface area (Å²) in [5.41, 5.74) is 5.64. The Hall–Kier alpha value is -3.14. The summed E-state index contributed by atoms with van der Waals surface area (Å²) < 4.78 is 40.6. The summed E-state index contributed by atoms with van der Waals surface area (Å²) in [6, 6.07) is 9.06. The van der Waals surface area contributed by atoms with Crippen LogP contribution in [-0.2, 0) is 12.7 Å². The highest BCUT2D eigenvalue weighted by Gasteiger charge is 2.34. The predicted molar refractivity (Wildman–Crippen MR) is 91.4 cm³/mol. The van der Waals surface area contributed by atoms with Crippen molar-refractivity contribution in [1.82, 2.24) is 20.2 Å². The van der Waals surface area contributed by atoms with Crippen molar-refractivity contribution in [1.29, 1.82) is 0 Å². The van der Waals surface area contributed by atoms with Crippen LogP contribution in [-0.4, -0.2) is 26.2 Å². The number of hydrogen-bond donors (Lipinski definition) is 1. The largest absolute Gasteiger partial charge is 0.417 e. The third-order valence-corrected chi connectivity index (χ3v) is 4.05. The van der Waals surface area contributed by atoms with E-state index in [-0.39, 0.29) is 12.2 Å². The zero-order valence-corrected chi connectivity index (χ0v) is 14.3. The third kappa shape index (κ3) is 4.17. The van der Waals surface area contributed by atoms with Gasteiger partial charge < -0.3 is 5.73 Å². The van der Waals surface area contributed by atoms with Gasteiger partial charge in [-0.15, -0.1) is 5.10 Å². The van der Waals surface area contributed by atoms with Crippen molar-refractivity contribution in [3.63, 3.8) is 0 Å². The SMILES string of the molecule is NC(=O)N(Cc1ccc(-n2cnnn2)cc1)c1ccc(Cl)c(C(F)(F)F)c1. The van der Waals surface area contributed by atoms with Crippen molar-refractivity contribution >= 4 is 23.3 Å². The lowest BCUT2D eigenvalue weighted by Crippen LogP contribution is -2.35. The molecule has 27 heavy (non-hydrogen) atoms. The van der Waals surface area contributed by atoms with Crippen molar-refractivity contribution < 1.29 is 18.0 Å². The van der Waals surface area contributed by atoms with E-state index in [1.54, 1.807) is 24.3 Å². The summed E-state index contributed by atoms with van der Waals surface area (Å²) in [5.74, 6) is 0. The molecule has 2 amide bonds. The smallest absolute Gasteiger partial charge is 0.351 e. The molecule has 0 fully saturated rings. The Morgan fingerprint density at radius 2 is 1.89 bits per heavy atom. The van der Waals surface area contributed by atoms with Crippen molar-refractivity contribution in [3.05, 3.63) is 64.9 Å². The second-order valence-electron chi connectivity index (χ2n) is 5.51. The third-order valence-electron chi connectivity index (χ3n) is 3.72. The Morgan fingerprint density at radius 1 is 1.19 bits per heavy atom. The lowest BCUT2D eigenvalue weighted by Gasteiger charge is -2.22. The van der Waals surface area contributed by atoms with E-state index in [1.165, 1.54) is 17.1 Å². The second-order valence-corrected chi connectivity index (χ2v) is 5.91. The molecule has 3 aromatic rings. The minimum Gasteiger partial charge on any atom is -0.351 e. The number of alkyl halides is 3. The summed E-state index contributed by atoms with van der Waals surface area (Å²) in [7, 11) is 0. The molecule has 11 heteroatoms. The van der Waals surface area contributed by atoms with Gasteiger partial charge >= 0.3 is 12.2 Å². The van der Waals surface area contributed by atoms with Crippen LogP contribution < -0.4 is 10.6 Å². The maximum atomic E-state index is 13.1. The van der Waals surface area contributed by atoms with Crippen LogP contribution in [0.1, 0.15) is 11.1 Å². The maximum Gasteiger partial charge on any atom is 0.417 e. The van der Waals surface area contributed by atoms with Crippen LogP contribution in [0.25, 0.3) is 5.69 Å². The molecule has 0 radical (unpaired) electrons. The van der Waals surface area contributed by atoms with Crippen LogP contribution in [0, 0.1) is 0 Å². The lowest BCUT2D eigenvalue weighted by atomic mass is 10.1. The van der Waals surface area contributed by atoms with E-state index in [4.69, 9.17) is 17.3 Å². The number of anilines is 1. The first-order valence-corrected chi connectivity index (χ1v) is 7.89. The fraction of sp³-hybridized carbons (Fsp3) is 0.125. The average Bonchev–Trinajstić information content (AvgIpc) is 3.14. The Labute approximate surface area is 156 Å². The number of rotatable bonds is 4. The summed E-state index contributed by atoms with van der Waals surface area (Å²) >= 11 is 5.62. The van der Waals surface area contributed by atoms with Crippen LogP contribution in [0.15, 0.2) is 48.8 Å². The average molecular weight is 397 g/mol. The Bertz CT molecular complexity index is 944. The molecule has 2 aromatic carbocycles. The predicted octanol–water partition coefficient (Wildman–Crippen LogP) is 3.42. The quantitative estimate of drug-likeness (QED) is 0.731. The highest BCUT2D eigenvalue weighted by atomic mass is 35.5. The van der Waals surface area contributed by atoms with Gasteiger partial charge in [-0.1, -0.05) is 23.7 Å². The number of tetrazole rings is 1. The molecule has 0 aliphatic heterocycles. The monoisotopic (exact) mass is 396 g/mol. The second kappa shape index (κ2) is 7.23. The minimum absolute atomic E-state index is 0.0104. The molecule has 0 saturated heterocycles. The van der Waals surface area contributed by atoms with E-state index in [1.807, 2.05) is 0 Å². The molecule has 0 unspecified atom stereocenters. The van der Waals surface area contributed by atoms with E-state index in [9.17, 15) is 18.0 Å². The van der Waals surface area contributed by atoms with E-state index in [2.05, 4.69) is 15.5 Å². The highest BCUT2D eigenvalue weighted by Crippen LogP contribution is 2.37. The number of carbonyl (C=O) groups excluding carboxylic acids is 1. The number of nitrogens with zero attached hydrogens (tertiary/aromatic N) is 5. The van der Waals surface area contributed by atoms with Crippen LogP contribution in [0.5, 0.6) is 0 Å². The van der Waals surface area contributed by atoms with E-state index in [0.717, 1.165) is 17.0 Å². The Morgan fingerprint density at radius 3 is 2.44 bits per heavy atom. The number of amides is 2. The number of halogens is 4. The first-order chi connectivity index (χ1) is 12.8. The van der Waals surface area contributed by atoms with Gasteiger partial charge in [0.1, 0.15) is 6.33 Å². The number of primary amides is 1. The minimum atomic E-state index is -4.65. The van der Waals surface area contributed by atoms with Gasteiger partial charge in [0.05, 0.1) is 22.8 Å². The fourth-order valence-corrected chi connectivity index (χ4v) is 2.64. The van der Waals surface area contributed by atoms with Gasteiger partial charge in [0.15, 0.2) is 0 Å². The summed E-state index contributed by atoms with van der Waals surface area (Å²) in [6.45, 7) is -0.0237. The molecule has 0 spiro atoms. The standard InChI is InChI=1S/C16H12ClF3N6O/c17-14-6-5-12(7-13(14)16(18,19)20)25(15(21)27)8-10-1-3-11(4-2-10)26-9-22-23-24-26/h1-7,9H,8H2,(H2,21,27). The molecule has 2 N–H and O–H groups in total. The number of nitrogens with two attached hydrogens (primary N) is 1. The van der Waals surface area contributed by atoms with E-state index in [0.29, 0.717) is 11.3 Å². The van der Waals surface area contributed by atoms with Gasteiger partial charge in [-0.05, 0) is 46.3 Å². The molecule has 140 valence electrons. The molecule has 3 rings (SSSR count). The normalized spacial score (nSPS) is 11.4. The lowest BCUT2D eigenvalue weighted by molar-refractivity contribution is -0.137. The van der Waals surface area contributed by atoms with Crippen molar-refractivity contribution in [3.8, 4) is 5.69 Å². The molecule has 0 aliphatic carbocycles. The van der Waals surface area contributed by atoms with Gasteiger partial charge in [-0.2, -0.15) is 13.2 Å². The van der Waals surface area contributed by atoms with E-state index < -0.39 is 22.8 Å². The Balaban J connectivity index is 1.88. The first kappa shape index (κ1) is 18.6. The Kier molecular flexibility index (Phi) is 5.00. The van der Waals surface area contributed by atoms with Gasteiger partial charge in [0.2, 0.25) is 0 Å². The molecular formula is C16H12ClF3N6O. The summed E-state index contributed by atoms with van der Waals surface area (Å²) in [4.78, 5) is 12.8. The maximum absolute atomic E-state index is 13.1. The van der Waals surface area contributed by atoms with Gasteiger partial charge in [-0.25, -0.2) is 9.48 Å². The van der Waals surface area contributed by atoms with Gasteiger partial charge in [-0.3, -0.25) is 4.90 Å². The van der Waals surface area contributed by atoms with Crippen LogP contribution >= 0.6 is 11.6 Å². The molecular weight excluding hydrogens is 385 g/mol. The summed E-state index contributed by atoms with van der Waals surface area (Å²) in [5, 5.41) is 10.3. The summed E-state index contributed by atoms with van der Waals surface area (Å²) in [6.07, 6.45) is -3.24. The van der Waals surface area contributed by atoms with Crippen molar-refractivity contribution in [2.24, 2.45) is 5.73 Å². The first-order valence-electron chi connectivity index (χ1n) is 7.52. The molecule has 1 heterocycles. The number of aromatic nitrogens is 4. The zero-order chi connectivity index (χ0) is 19.6. The molecule has 0 aliphatic rings. The van der Waals surface area contributed by atoms with Crippen LogP contribution in [0.2, 0.25) is 5.02 Å². The number of hydrogen-bond acceptors (Lipinski definition) is 4. The number of benzene rings is 2. The zero-order valence-electron chi connectivity index (χ0n) is 13.6. The van der Waals surface area contributed by atoms with Crippen molar-refractivity contribution in [2.45, 2.75) is 12.7 Å². The molecule has 7 nitrogen and oxygen atoms in total. The number of carbonyl (C=O) groups is 1. The van der Waals surface area contributed by atoms with Gasteiger partial charge in [0.25, 0.3) is 0 Å². The van der Waals surface area contributed by atoms with E-state index >= 15 is 0 Å². The van der Waals surface area contributed by atoms with Crippen LogP contribution in [0.3, 0.4) is 0 Å². The molecule has 0 bridgehead atoms. The number of urea groups is 1. The molecule has 0 atom stereocenters. The van der Waals surface area contributed by atoms with Crippen molar-refractivity contribution in [2.75, 3.05) is 4.90 Å². The topological polar surface area (TPSA) is 89.9 Å². The van der Waals surface area contributed by atoms with Crippen LogP contribution in [0.4, 0.5) is 23.7 Å². The fourth-order valence-electron chi connectivity index (χ4n) is 2.41. The highest BCUT2D eigenvalue weighted by molar-refractivity contribution is 6.31. The molecule has 1 aromatic heterocycles. The molecule has 0 saturated carbocycles.